The highest BCUT2D eigenvalue weighted by atomic mass is 19.1. The first-order valence-corrected chi connectivity index (χ1v) is 5.05. The van der Waals surface area contributed by atoms with Crippen LogP contribution in [0.1, 0.15) is 0 Å². The highest BCUT2D eigenvalue weighted by Crippen LogP contribution is 2.22. The molecule has 0 atom stereocenters. The van der Waals surface area contributed by atoms with Crippen LogP contribution < -0.4 is 10.2 Å². The van der Waals surface area contributed by atoms with Crippen LogP contribution in [0.25, 0.3) is 0 Å². The van der Waals surface area contributed by atoms with Gasteiger partial charge < -0.3 is 14.8 Å². The molecule has 5 heteroatoms. The summed E-state index contributed by atoms with van der Waals surface area (Å²) in [6.45, 7) is 0. The van der Waals surface area contributed by atoms with Gasteiger partial charge in [0.1, 0.15) is 5.75 Å². The summed E-state index contributed by atoms with van der Waals surface area (Å²) < 4.78 is 18.7. The van der Waals surface area contributed by atoms with Gasteiger partial charge in [0, 0.05) is 0 Å². The Kier molecular flexibility index (Phi) is 3.42. The fourth-order valence-corrected chi connectivity index (χ4v) is 1.37. The van der Waals surface area contributed by atoms with E-state index in [1.54, 1.807) is 24.3 Å². The zero-order valence-electron chi connectivity index (χ0n) is 8.88. The molecule has 0 unspecified atom stereocenters. The number of hydrogen-bond acceptors (Lipinski definition) is 3. The fraction of sp³-hybridized carbons (Fsp3) is 0. The molecule has 0 bridgehead atoms. The molecule has 3 nitrogen and oxygen atoms in total. The molecule has 0 aliphatic heterocycles. The van der Waals surface area contributed by atoms with Crippen molar-refractivity contribution in [1.82, 2.24) is 0 Å². The van der Waals surface area contributed by atoms with Crippen LogP contribution in [0.2, 0.25) is 0 Å². The molecule has 0 amide bonds. The van der Waals surface area contributed by atoms with Gasteiger partial charge in [0.15, 0.2) is 11.6 Å². The highest BCUT2D eigenvalue weighted by Gasteiger charge is 2.14. The molecule has 2 N–H and O–H groups in total. The number of halogens is 1. The average Bonchev–Trinajstić information content (AvgIpc) is 2.33. The smallest absolute Gasteiger partial charge is 0.454 e. The standard InChI is InChI=1S/C12H10BFO3/c14-11-7-6-9(13(15)16)8-12(11)17-10-4-2-1-3-5-10/h1-8,15-16H. The van der Waals surface area contributed by atoms with Crippen molar-refractivity contribution >= 4 is 12.6 Å². The summed E-state index contributed by atoms with van der Waals surface area (Å²) in [4.78, 5) is 0. The van der Waals surface area contributed by atoms with E-state index in [-0.39, 0.29) is 11.2 Å². The predicted octanol–water partition coefficient (Wildman–Crippen LogP) is 1.30. The van der Waals surface area contributed by atoms with Gasteiger partial charge in [0.05, 0.1) is 0 Å². The molecule has 0 aliphatic rings. The van der Waals surface area contributed by atoms with Gasteiger partial charge in [-0.15, -0.1) is 0 Å². The first-order valence-electron chi connectivity index (χ1n) is 5.05. The summed E-state index contributed by atoms with van der Waals surface area (Å²) in [6, 6.07) is 12.4. The first kappa shape index (κ1) is 11.6. The maximum atomic E-state index is 13.4. The van der Waals surface area contributed by atoms with Gasteiger partial charge in [-0.2, -0.15) is 0 Å². The predicted molar refractivity (Wildman–Crippen MR) is 62.7 cm³/mol. The average molecular weight is 232 g/mol. The largest absolute Gasteiger partial charge is 0.488 e. The lowest BCUT2D eigenvalue weighted by Crippen LogP contribution is -2.29. The number of ether oxygens (including phenoxy) is 1. The lowest BCUT2D eigenvalue weighted by molar-refractivity contribution is 0.423. The molecule has 0 saturated carbocycles. The lowest BCUT2D eigenvalue weighted by atomic mass is 9.80. The van der Waals surface area contributed by atoms with Crippen LogP contribution in [0.3, 0.4) is 0 Å². The van der Waals surface area contributed by atoms with Crippen LogP contribution in [0.5, 0.6) is 11.5 Å². The molecule has 0 aromatic heterocycles. The molecule has 0 fully saturated rings. The molecule has 2 rings (SSSR count). The maximum absolute atomic E-state index is 13.4. The summed E-state index contributed by atoms with van der Waals surface area (Å²) in [6.07, 6.45) is 0. The molecular formula is C12H10BFO3. The number of hydrogen-bond donors (Lipinski definition) is 2. The minimum atomic E-state index is -1.64. The summed E-state index contributed by atoms with van der Waals surface area (Å²) >= 11 is 0. The second-order valence-corrected chi connectivity index (χ2v) is 3.48. The Morgan fingerprint density at radius 1 is 1.00 bits per heavy atom. The van der Waals surface area contributed by atoms with Crippen molar-refractivity contribution in [3.05, 3.63) is 54.3 Å². The minimum absolute atomic E-state index is 0.0400. The van der Waals surface area contributed by atoms with E-state index >= 15 is 0 Å². The van der Waals surface area contributed by atoms with Crippen molar-refractivity contribution in [2.75, 3.05) is 0 Å². The van der Waals surface area contributed by atoms with Crippen molar-refractivity contribution < 1.29 is 19.2 Å². The van der Waals surface area contributed by atoms with Crippen LogP contribution in [-0.2, 0) is 0 Å². The number of benzene rings is 2. The molecular weight excluding hydrogens is 222 g/mol. The van der Waals surface area contributed by atoms with E-state index in [4.69, 9.17) is 14.8 Å². The van der Waals surface area contributed by atoms with Gasteiger partial charge in [0.2, 0.25) is 0 Å². The van der Waals surface area contributed by atoms with Crippen LogP contribution in [0.4, 0.5) is 4.39 Å². The third-order valence-electron chi connectivity index (χ3n) is 2.22. The van der Waals surface area contributed by atoms with E-state index in [2.05, 4.69) is 0 Å². The Bertz CT molecular complexity index is 502. The second kappa shape index (κ2) is 4.99. The van der Waals surface area contributed by atoms with Crippen molar-refractivity contribution in [2.24, 2.45) is 0 Å². The zero-order chi connectivity index (χ0) is 12.3. The molecule has 0 spiro atoms. The van der Waals surface area contributed by atoms with Gasteiger partial charge in [-0.3, -0.25) is 0 Å². The highest BCUT2D eigenvalue weighted by molar-refractivity contribution is 6.58. The van der Waals surface area contributed by atoms with E-state index in [0.29, 0.717) is 5.75 Å². The van der Waals surface area contributed by atoms with Crippen LogP contribution in [-0.4, -0.2) is 17.2 Å². The Hall–Kier alpha value is -1.85. The Morgan fingerprint density at radius 3 is 2.35 bits per heavy atom. The lowest BCUT2D eigenvalue weighted by Gasteiger charge is -2.08. The molecule has 0 radical (unpaired) electrons. The summed E-state index contributed by atoms with van der Waals surface area (Å²) in [5, 5.41) is 18.0. The molecule has 17 heavy (non-hydrogen) atoms. The van der Waals surface area contributed by atoms with E-state index in [1.807, 2.05) is 6.07 Å². The quantitative estimate of drug-likeness (QED) is 0.784. The van der Waals surface area contributed by atoms with Crippen molar-refractivity contribution in [1.29, 1.82) is 0 Å². The normalized spacial score (nSPS) is 10.1. The third kappa shape index (κ3) is 2.84. The topological polar surface area (TPSA) is 49.7 Å². The van der Waals surface area contributed by atoms with E-state index in [1.165, 1.54) is 12.1 Å². The molecule has 2 aromatic rings. The zero-order valence-corrected chi connectivity index (χ0v) is 8.88. The van der Waals surface area contributed by atoms with Gasteiger partial charge in [0.25, 0.3) is 0 Å². The van der Waals surface area contributed by atoms with Gasteiger partial charge >= 0.3 is 7.12 Å². The fourth-order valence-electron chi connectivity index (χ4n) is 1.37. The van der Waals surface area contributed by atoms with Crippen LogP contribution in [0.15, 0.2) is 48.5 Å². The van der Waals surface area contributed by atoms with Gasteiger partial charge in [-0.05, 0) is 29.7 Å². The van der Waals surface area contributed by atoms with E-state index in [9.17, 15) is 4.39 Å². The first-order chi connectivity index (χ1) is 8.16. The van der Waals surface area contributed by atoms with E-state index in [0.717, 1.165) is 6.07 Å². The molecule has 86 valence electrons. The van der Waals surface area contributed by atoms with Crippen molar-refractivity contribution in [3.63, 3.8) is 0 Å². The Morgan fingerprint density at radius 2 is 1.71 bits per heavy atom. The van der Waals surface area contributed by atoms with E-state index < -0.39 is 12.9 Å². The molecule has 0 heterocycles. The molecule has 2 aromatic carbocycles. The van der Waals surface area contributed by atoms with Crippen LogP contribution in [0, 0.1) is 5.82 Å². The van der Waals surface area contributed by atoms with Gasteiger partial charge in [-0.25, -0.2) is 4.39 Å². The van der Waals surface area contributed by atoms with Gasteiger partial charge in [-0.1, -0.05) is 24.3 Å². The summed E-state index contributed by atoms with van der Waals surface area (Å²) in [7, 11) is -1.64. The SMILES string of the molecule is OB(O)c1ccc(F)c(Oc2ccccc2)c1. The summed E-state index contributed by atoms with van der Waals surface area (Å²) in [5.74, 6) is -0.115. The Balaban J connectivity index is 2.29. The van der Waals surface area contributed by atoms with Crippen LogP contribution >= 0.6 is 0 Å². The minimum Gasteiger partial charge on any atom is -0.454 e. The number of rotatable bonds is 3. The third-order valence-corrected chi connectivity index (χ3v) is 2.22. The van der Waals surface area contributed by atoms with Crippen molar-refractivity contribution in [3.8, 4) is 11.5 Å². The number of para-hydroxylation sites is 1. The summed E-state index contributed by atoms with van der Waals surface area (Å²) in [5.41, 5.74) is 0.178. The molecule has 0 aliphatic carbocycles. The second-order valence-electron chi connectivity index (χ2n) is 3.48. The Labute approximate surface area is 98.2 Å². The monoisotopic (exact) mass is 232 g/mol. The maximum Gasteiger partial charge on any atom is 0.488 e. The van der Waals surface area contributed by atoms with Crippen molar-refractivity contribution in [2.45, 2.75) is 0 Å². The molecule has 0 saturated heterocycles.